The fraction of sp³-hybridized carbons (Fsp3) is 0.474. The van der Waals surface area contributed by atoms with Crippen molar-refractivity contribution >= 4 is 17.6 Å². The van der Waals surface area contributed by atoms with Gasteiger partial charge in [0.2, 0.25) is 5.91 Å². The molecule has 2 amide bonds. The number of methoxy groups -OCH3 is 1. The van der Waals surface area contributed by atoms with Gasteiger partial charge >= 0.3 is 11.7 Å². The summed E-state index contributed by atoms with van der Waals surface area (Å²) in [4.78, 5) is 45.2. The van der Waals surface area contributed by atoms with Gasteiger partial charge in [0, 0.05) is 18.8 Å². The number of carbonyl (C=O) groups excluding carboxylic acids is 2. The Morgan fingerprint density at radius 1 is 1.07 bits per heavy atom. The largest absolute Gasteiger partial charge is 0.497 e. The molecule has 2 aliphatic rings. The van der Waals surface area contributed by atoms with Crippen molar-refractivity contribution in [1.29, 1.82) is 0 Å². The number of nitrogens with zero attached hydrogens (tertiary/aromatic N) is 5. The molecule has 2 aromatic rings. The molecular formula is C19H23N5O4. The van der Waals surface area contributed by atoms with Crippen LogP contribution in [0.1, 0.15) is 31.5 Å². The summed E-state index contributed by atoms with van der Waals surface area (Å²) in [6.07, 6.45) is 4.16. The van der Waals surface area contributed by atoms with E-state index in [2.05, 4.69) is 4.98 Å². The van der Waals surface area contributed by atoms with Crippen molar-refractivity contribution in [3.05, 3.63) is 40.6 Å². The summed E-state index contributed by atoms with van der Waals surface area (Å²) < 4.78 is 7.51. The first-order chi connectivity index (χ1) is 13.6. The maximum absolute atomic E-state index is 12.9. The number of ether oxygens (including phenoxy) is 1. The van der Waals surface area contributed by atoms with Crippen molar-refractivity contribution in [2.45, 2.75) is 38.8 Å². The zero-order chi connectivity index (χ0) is 19.7. The molecule has 0 atom stereocenters. The summed E-state index contributed by atoms with van der Waals surface area (Å²) in [6, 6.07) is 6.68. The minimum absolute atomic E-state index is 0.151. The summed E-state index contributed by atoms with van der Waals surface area (Å²) in [6.45, 7) is 1.40. The number of aromatic nitrogens is 3. The van der Waals surface area contributed by atoms with Gasteiger partial charge in [-0.25, -0.2) is 14.3 Å². The van der Waals surface area contributed by atoms with Crippen molar-refractivity contribution < 1.29 is 14.3 Å². The lowest BCUT2D eigenvalue weighted by Gasteiger charge is -2.21. The molecule has 1 saturated heterocycles. The van der Waals surface area contributed by atoms with Crippen LogP contribution in [0.5, 0.6) is 5.75 Å². The predicted molar refractivity (Wildman–Crippen MR) is 102 cm³/mol. The first-order valence-electron chi connectivity index (χ1n) is 9.51. The van der Waals surface area contributed by atoms with Crippen LogP contribution in [0.15, 0.2) is 29.1 Å². The molecule has 0 bridgehead atoms. The van der Waals surface area contributed by atoms with Crippen LogP contribution >= 0.6 is 0 Å². The van der Waals surface area contributed by atoms with Crippen molar-refractivity contribution in [3.8, 4) is 5.75 Å². The summed E-state index contributed by atoms with van der Waals surface area (Å²) in [5.74, 6) is 0.880. The third-order valence-electron chi connectivity index (χ3n) is 5.27. The van der Waals surface area contributed by atoms with Gasteiger partial charge in [-0.1, -0.05) is 12.8 Å². The average molecular weight is 385 g/mol. The summed E-state index contributed by atoms with van der Waals surface area (Å²) >= 11 is 0. The van der Waals surface area contributed by atoms with E-state index in [-0.39, 0.29) is 19.0 Å². The number of anilines is 1. The highest BCUT2D eigenvalue weighted by molar-refractivity contribution is 5.95. The number of hydrogen-bond donors (Lipinski definition) is 0. The fourth-order valence-electron chi connectivity index (χ4n) is 3.73. The first kappa shape index (κ1) is 18.3. The SMILES string of the molecule is COc1ccc(N2Cc3nc(=O)n(CC(=O)N4CCCCCC4)n3C2=O)cc1. The molecule has 1 aromatic heterocycles. The molecule has 1 aromatic carbocycles. The minimum atomic E-state index is -0.569. The molecule has 1 fully saturated rings. The number of amides is 2. The standard InChI is InChI=1S/C19H23N5O4/c1-28-15-8-6-14(7-9-15)22-12-16-20-18(26)23(24(16)19(22)27)13-17(25)21-10-4-2-3-5-11-21/h6-9H,2-5,10-13H2,1H3. The number of benzene rings is 1. The lowest BCUT2D eigenvalue weighted by molar-refractivity contribution is -0.132. The van der Waals surface area contributed by atoms with Crippen molar-refractivity contribution in [2.24, 2.45) is 0 Å². The molecular weight excluding hydrogens is 362 g/mol. The highest BCUT2D eigenvalue weighted by Gasteiger charge is 2.34. The van der Waals surface area contributed by atoms with E-state index in [1.165, 1.54) is 9.58 Å². The van der Waals surface area contributed by atoms with Crippen LogP contribution in [0, 0.1) is 0 Å². The number of hydrogen-bond acceptors (Lipinski definition) is 5. The molecule has 148 valence electrons. The zero-order valence-corrected chi connectivity index (χ0v) is 15.8. The second-order valence-corrected chi connectivity index (χ2v) is 7.04. The third-order valence-corrected chi connectivity index (χ3v) is 5.27. The van der Waals surface area contributed by atoms with E-state index in [0.717, 1.165) is 30.4 Å². The average Bonchev–Trinajstić information content (AvgIpc) is 3.02. The normalized spacial score (nSPS) is 16.8. The molecule has 0 spiro atoms. The monoisotopic (exact) mass is 385 g/mol. The minimum Gasteiger partial charge on any atom is -0.497 e. The van der Waals surface area contributed by atoms with Crippen LogP contribution in [-0.2, 0) is 17.9 Å². The highest BCUT2D eigenvalue weighted by Crippen LogP contribution is 2.25. The molecule has 0 aliphatic carbocycles. The molecule has 3 heterocycles. The van der Waals surface area contributed by atoms with Gasteiger partial charge in [-0.05, 0) is 37.1 Å². The molecule has 9 heteroatoms. The summed E-state index contributed by atoms with van der Waals surface area (Å²) in [5, 5.41) is 0. The fourth-order valence-corrected chi connectivity index (χ4v) is 3.73. The predicted octanol–water partition coefficient (Wildman–Crippen LogP) is 1.44. The van der Waals surface area contributed by atoms with Crippen LogP contribution in [0.3, 0.4) is 0 Å². The molecule has 4 rings (SSSR count). The van der Waals surface area contributed by atoms with Crippen LogP contribution < -0.4 is 15.3 Å². The number of carbonyl (C=O) groups is 2. The van der Waals surface area contributed by atoms with Crippen molar-refractivity contribution in [3.63, 3.8) is 0 Å². The van der Waals surface area contributed by atoms with Crippen LogP contribution in [0.2, 0.25) is 0 Å². The second-order valence-electron chi connectivity index (χ2n) is 7.04. The Morgan fingerprint density at radius 2 is 1.75 bits per heavy atom. The van der Waals surface area contributed by atoms with E-state index in [4.69, 9.17) is 4.74 Å². The van der Waals surface area contributed by atoms with Crippen LogP contribution in [0.4, 0.5) is 10.5 Å². The Labute approximate surface area is 162 Å². The van der Waals surface area contributed by atoms with E-state index >= 15 is 0 Å². The van der Waals surface area contributed by atoms with Gasteiger partial charge in [-0.3, -0.25) is 9.69 Å². The maximum atomic E-state index is 12.9. The summed E-state index contributed by atoms with van der Waals surface area (Å²) in [7, 11) is 1.58. The summed E-state index contributed by atoms with van der Waals surface area (Å²) in [5.41, 5.74) is 0.107. The number of fused-ring (bicyclic) bond motifs is 1. The molecule has 28 heavy (non-hydrogen) atoms. The van der Waals surface area contributed by atoms with Crippen LogP contribution in [0.25, 0.3) is 0 Å². The second kappa shape index (κ2) is 7.49. The molecule has 9 nitrogen and oxygen atoms in total. The smallest absolute Gasteiger partial charge is 0.365 e. The van der Waals surface area contributed by atoms with Gasteiger partial charge in [-0.2, -0.15) is 9.67 Å². The Kier molecular flexibility index (Phi) is 4.89. The molecule has 0 radical (unpaired) electrons. The Balaban J connectivity index is 1.56. The first-order valence-corrected chi connectivity index (χ1v) is 9.51. The Morgan fingerprint density at radius 3 is 2.39 bits per heavy atom. The zero-order valence-electron chi connectivity index (χ0n) is 15.8. The van der Waals surface area contributed by atoms with Crippen molar-refractivity contribution in [1.82, 2.24) is 19.2 Å². The van der Waals surface area contributed by atoms with E-state index < -0.39 is 11.7 Å². The van der Waals surface area contributed by atoms with Gasteiger partial charge < -0.3 is 9.64 Å². The maximum Gasteiger partial charge on any atom is 0.365 e. The van der Waals surface area contributed by atoms with Crippen LogP contribution in [-0.4, -0.2) is 51.4 Å². The van der Waals surface area contributed by atoms with E-state index in [0.29, 0.717) is 30.4 Å². The van der Waals surface area contributed by atoms with Gasteiger partial charge in [-0.15, -0.1) is 0 Å². The van der Waals surface area contributed by atoms with E-state index in [1.807, 2.05) is 0 Å². The quantitative estimate of drug-likeness (QED) is 0.795. The third kappa shape index (κ3) is 3.28. The van der Waals surface area contributed by atoms with Crippen molar-refractivity contribution in [2.75, 3.05) is 25.1 Å². The van der Waals surface area contributed by atoms with E-state index in [1.54, 1.807) is 36.3 Å². The molecule has 0 unspecified atom stereocenters. The Bertz CT molecular complexity index is 938. The lowest BCUT2D eigenvalue weighted by atomic mass is 10.2. The van der Waals surface area contributed by atoms with Gasteiger partial charge in [0.15, 0.2) is 5.82 Å². The Hall–Kier alpha value is -3.10. The number of likely N-dealkylation sites (tertiary alicyclic amines) is 1. The topological polar surface area (TPSA) is 89.7 Å². The van der Waals surface area contributed by atoms with Gasteiger partial charge in [0.1, 0.15) is 12.3 Å². The number of rotatable bonds is 4. The van der Waals surface area contributed by atoms with E-state index in [9.17, 15) is 14.4 Å². The highest BCUT2D eigenvalue weighted by atomic mass is 16.5. The van der Waals surface area contributed by atoms with Gasteiger partial charge in [0.05, 0.1) is 13.7 Å². The van der Waals surface area contributed by atoms with Gasteiger partial charge in [0.25, 0.3) is 0 Å². The molecule has 2 aliphatic heterocycles. The molecule has 0 N–H and O–H groups in total. The molecule has 0 saturated carbocycles. The lowest BCUT2D eigenvalue weighted by Crippen LogP contribution is -2.40.